The Bertz CT molecular complexity index is 325. The van der Waals surface area contributed by atoms with E-state index < -0.39 is 5.97 Å². The number of carboxylic acid groups (broad SMARTS) is 1. The van der Waals surface area contributed by atoms with Crippen LogP contribution in [0.2, 0.25) is 0 Å². The van der Waals surface area contributed by atoms with Crippen molar-refractivity contribution >= 4 is 11.9 Å². The van der Waals surface area contributed by atoms with Crippen molar-refractivity contribution in [3.05, 3.63) is 12.2 Å². The highest BCUT2D eigenvalue weighted by molar-refractivity contribution is 5.78. The fourth-order valence-corrected chi connectivity index (χ4v) is 2.46. The third-order valence-electron chi connectivity index (χ3n) is 3.84. The van der Waals surface area contributed by atoms with Crippen LogP contribution >= 0.6 is 0 Å². The molecule has 0 fully saturated rings. The highest BCUT2D eigenvalue weighted by atomic mass is 16.4. The fraction of sp³-hybridized carbons (Fsp3) is 0.733. The van der Waals surface area contributed by atoms with E-state index in [2.05, 4.69) is 24.4 Å². The molecule has 0 spiro atoms. The molecule has 2 atom stereocenters. The first-order valence-electron chi connectivity index (χ1n) is 7.28. The number of aliphatic carboxylic acids is 1. The van der Waals surface area contributed by atoms with Gasteiger partial charge in [0, 0.05) is 18.9 Å². The molecule has 0 radical (unpaired) electrons. The lowest BCUT2D eigenvalue weighted by Gasteiger charge is -2.19. The van der Waals surface area contributed by atoms with Crippen molar-refractivity contribution in [2.45, 2.75) is 51.9 Å². The average Bonchev–Trinajstić information content (AvgIpc) is 2.43. The van der Waals surface area contributed by atoms with Gasteiger partial charge in [-0.2, -0.15) is 0 Å². The number of rotatable bonds is 8. The SMILES string of the molecule is CCC(CCNC(=O)C1CC=CCC1)CCC(=O)O. The molecule has 1 aliphatic carbocycles. The van der Waals surface area contributed by atoms with Crippen LogP contribution in [-0.4, -0.2) is 23.5 Å². The van der Waals surface area contributed by atoms with Gasteiger partial charge in [0.25, 0.3) is 0 Å². The molecule has 0 aromatic rings. The molecule has 0 aromatic heterocycles. The van der Waals surface area contributed by atoms with Crippen LogP contribution in [0.25, 0.3) is 0 Å². The van der Waals surface area contributed by atoms with E-state index in [0.717, 1.165) is 32.1 Å². The molecule has 1 rings (SSSR count). The zero-order valence-electron chi connectivity index (χ0n) is 11.7. The lowest BCUT2D eigenvalue weighted by Crippen LogP contribution is -2.32. The minimum Gasteiger partial charge on any atom is -0.481 e. The number of nitrogens with one attached hydrogen (secondary N) is 1. The molecule has 4 nitrogen and oxygen atoms in total. The molecule has 1 amide bonds. The first-order valence-corrected chi connectivity index (χ1v) is 7.28. The maximum absolute atomic E-state index is 11.9. The summed E-state index contributed by atoms with van der Waals surface area (Å²) < 4.78 is 0. The number of allylic oxidation sites excluding steroid dienone is 2. The summed E-state index contributed by atoms with van der Waals surface area (Å²) in [6.07, 6.45) is 9.76. The smallest absolute Gasteiger partial charge is 0.303 e. The second-order valence-corrected chi connectivity index (χ2v) is 5.27. The van der Waals surface area contributed by atoms with E-state index in [9.17, 15) is 9.59 Å². The van der Waals surface area contributed by atoms with Crippen molar-refractivity contribution in [3.8, 4) is 0 Å². The molecule has 0 bridgehead atoms. The Labute approximate surface area is 115 Å². The van der Waals surface area contributed by atoms with E-state index in [-0.39, 0.29) is 18.2 Å². The lowest BCUT2D eigenvalue weighted by molar-refractivity contribution is -0.137. The molecule has 19 heavy (non-hydrogen) atoms. The summed E-state index contributed by atoms with van der Waals surface area (Å²) in [5, 5.41) is 11.7. The molecule has 0 heterocycles. The van der Waals surface area contributed by atoms with Gasteiger partial charge in [-0.05, 0) is 38.0 Å². The van der Waals surface area contributed by atoms with Gasteiger partial charge in [0.15, 0.2) is 0 Å². The third kappa shape index (κ3) is 6.41. The molecule has 0 aliphatic heterocycles. The Morgan fingerprint density at radius 2 is 2.16 bits per heavy atom. The summed E-state index contributed by atoms with van der Waals surface area (Å²) in [5.74, 6) is -0.0688. The van der Waals surface area contributed by atoms with Crippen LogP contribution < -0.4 is 5.32 Å². The van der Waals surface area contributed by atoms with Crippen LogP contribution in [0.4, 0.5) is 0 Å². The Kier molecular flexibility index (Phi) is 7.23. The first-order chi connectivity index (χ1) is 9.13. The van der Waals surface area contributed by atoms with Crippen molar-refractivity contribution in [2.75, 3.05) is 6.54 Å². The molecule has 0 aromatic carbocycles. The summed E-state index contributed by atoms with van der Waals surface area (Å²) in [5.41, 5.74) is 0. The summed E-state index contributed by atoms with van der Waals surface area (Å²) in [6, 6.07) is 0. The zero-order chi connectivity index (χ0) is 14.1. The average molecular weight is 267 g/mol. The van der Waals surface area contributed by atoms with E-state index in [1.54, 1.807) is 0 Å². The van der Waals surface area contributed by atoms with E-state index >= 15 is 0 Å². The lowest BCUT2D eigenvalue weighted by atomic mass is 9.93. The van der Waals surface area contributed by atoms with Crippen LogP contribution in [0.3, 0.4) is 0 Å². The number of amides is 1. The molecule has 2 N–H and O–H groups in total. The van der Waals surface area contributed by atoms with Gasteiger partial charge in [-0.1, -0.05) is 25.5 Å². The topological polar surface area (TPSA) is 66.4 Å². The van der Waals surface area contributed by atoms with Gasteiger partial charge in [-0.25, -0.2) is 0 Å². The summed E-state index contributed by atoms with van der Waals surface area (Å²) in [7, 11) is 0. The molecule has 2 unspecified atom stereocenters. The minimum absolute atomic E-state index is 0.129. The van der Waals surface area contributed by atoms with Crippen LogP contribution in [0, 0.1) is 11.8 Å². The predicted octanol–water partition coefficient (Wildman–Crippen LogP) is 2.74. The highest BCUT2D eigenvalue weighted by Gasteiger charge is 2.18. The maximum atomic E-state index is 11.9. The monoisotopic (exact) mass is 267 g/mol. The van der Waals surface area contributed by atoms with Gasteiger partial charge in [-0.3, -0.25) is 9.59 Å². The maximum Gasteiger partial charge on any atom is 0.303 e. The standard InChI is InChI=1S/C15H25NO3/c1-2-12(8-9-14(17)18)10-11-16-15(19)13-6-4-3-5-7-13/h3-4,12-13H,2,5-11H2,1H3,(H,16,19)(H,17,18). The van der Waals surface area contributed by atoms with Crippen LogP contribution in [0.5, 0.6) is 0 Å². The van der Waals surface area contributed by atoms with Gasteiger partial charge < -0.3 is 10.4 Å². The Morgan fingerprint density at radius 3 is 2.74 bits per heavy atom. The number of hydrogen-bond donors (Lipinski definition) is 2. The fourth-order valence-electron chi connectivity index (χ4n) is 2.46. The normalized spacial score (nSPS) is 19.9. The van der Waals surface area contributed by atoms with Crippen molar-refractivity contribution in [1.82, 2.24) is 5.32 Å². The van der Waals surface area contributed by atoms with Crippen molar-refractivity contribution < 1.29 is 14.7 Å². The molecule has 1 aliphatic rings. The number of carboxylic acids is 1. The second kappa shape index (κ2) is 8.73. The van der Waals surface area contributed by atoms with Crippen LogP contribution in [0.15, 0.2) is 12.2 Å². The van der Waals surface area contributed by atoms with Gasteiger partial charge in [0.05, 0.1) is 0 Å². The summed E-state index contributed by atoms with van der Waals surface area (Å²) in [4.78, 5) is 22.4. The minimum atomic E-state index is -0.739. The molecule has 108 valence electrons. The van der Waals surface area contributed by atoms with Crippen LogP contribution in [-0.2, 0) is 9.59 Å². The first kappa shape index (κ1) is 15.7. The Hall–Kier alpha value is -1.32. The molecule has 4 heteroatoms. The van der Waals surface area contributed by atoms with Gasteiger partial charge in [0.2, 0.25) is 5.91 Å². The van der Waals surface area contributed by atoms with E-state index in [4.69, 9.17) is 5.11 Å². The number of hydrogen-bond acceptors (Lipinski definition) is 2. The molecular formula is C15H25NO3. The molecule has 0 saturated heterocycles. The van der Waals surface area contributed by atoms with Crippen molar-refractivity contribution in [3.63, 3.8) is 0 Å². The number of carbonyl (C=O) groups is 2. The van der Waals surface area contributed by atoms with Crippen molar-refractivity contribution in [2.24, 2.45) is 11.8 Å². The predicted molar refractivity (Wildman–Crippen MR) is 74.8 cm³/mol. The summed E-state index contributed by atoms with van der Waals surface area (Å²) in [6.45, 7) is 2.73. The van der Waals surface area contributed by atoms with Crippen LogP contribution in [0.1, 0.15) is 51.9 Å². The molecule has 0 saturated carbocycles. The van der Waals surface area contributed by atoms with Gasteiger partial charge >= 0.3 is 5.97 Å². The Balaban J connectivity index is 2.18. The second-order valence-electron chi connectivity index (χ2n) is 5.27. The Morgan fingerprint density at radius 1 is 1.37 bits per heavy atom. The highest BCUT2D eigenvalue weighted by Crippen LogP contribution is 2.18. The quantitative estimate of drug-likeness (QED) is 0.664. The summed E-state index contributed by atoms with van der Waals surface area (Å²) >= 11 is 0. The third-order valence-corrected chi connectivity index (χ3v) is 3.84. The van der Waals surface area contributed by atoms with Gasteiger partial charge in [-0.15, -0.1) is 0 Å². The van der Waals surface area contributed by atoms with E-state index in [1.807, 2.05) is 0 Å². The van der Waals surface area contributed by atoms with E-state index in [0.29, 0.717) is 18.9 Å². The number of carbonyl (C=O) groups excluding carboxylic acids is 1. The van der Waals surface area contributed by atoms with Crippen molar-refractivity contribution in [1.29, 1.82) is 0 Å². The van der Waals surface area contributed by atoms with Gasteiger partial charge in [0.1, 0.15) is 0 Å². The van der Waals surface area contributed by atoms with E-state index in [1.165, 1.54) is 0 Å². The largest absolute Gasteiger partial charge is 0.481 e. The molecular weight excluding hydrogens is 242 g/mol. The zero-order valence-corrected chi connectivity index (χ0v) is 11.7.